The van der Waals surface area contributed by atoms with Crippen molar-refractivity contribution in [1.29, 1.82) is 0 Å². The molecule has 43 heavy (non-hydrogen) atoms. The van der Waals surface area contributed by atoms with E-state index >= 15 is 0 Å². The van der Waals surface area contributed by atoms with E-state index < -0.39 is 85.7 Å². The van der Waals surface area contributed by atoms with Gasteiger partial charge in [-0.15, -0.1) is 0 Å². The molecule has 0 aromatic heterocycles. The molecule has 0 spiro atoms. The van der Waals surface area contributed by atoms with Crippen LogP contribution in [-0.2, 0) is 14.2 Å². The number of phenolic OH excluding ortho intramolecular Hbond substituents is 2. The minimum atomic E-state index is -1.77. The zero-order valence-corrected chi connectivity index (χ0v) is 23.1. The SMILES string of the molecule is COc1ccc(C2CC(=O)c3cc(OC4OC(COC5OC(C)C(O)C(O)C5O)C(O)C(O)C4O)cc(O)c3O2)cc1O. The normalized spacial score (nSPS) is 36.0. The molecule has 2 aromatic carbocycles. The first-order valence-electron chi connectivity index (χ1n) is 13.5. The van der Waals surface area contributed by atoms with Crippen LogP contribution in [-0.4, -0.2) is 122 Å². The third kappa shape index (κ3) is 6.08. The van der Waals surface area contributed by atoms with Crippen LogP contribution in [0, 0.1) is 0 Å². The summed E-state index contributed by atoms with van der Waals surface area (Å²) >= 11 is 0. The van der Waals surface area contributed by atoms with Gasteiger partial charge in [-0.05, 0) is 30.7 Å². The Kier molecular flexibility index (Phi) is 8.99. The second-order valence-corrected chi connectivity index (χ2v) is 10.6. The summed E-state index contributed by atoms with van der Waals surface area (Å²) in [5, 5.41) is 82.2. The smallest absolute Gasteiger partial charge is 0.229 e. The van der Waals surface area contributed by atoms with E-state index in [4.69, 9.17) is 28.4 Å². The molecule has 0 bridgehead atoms. The number of hydrogen-bond donors (Lipinski definition) is 8. The number of fused-ring (bicyclic) bond motifs is 1. The van der Waals surface area contributed by atoms with Crippen molar-refractivity contribution in [3.05, 3.63) is 41.5 Å². The number of ether oxygens (including phenoxy) is 6. The number of methoxy groups -OCH3 is 1. The Bertz CT molecular complexity index is 1320. The Hall–Kier alpha value is -3.25. The van der Waals surface area contributed by atoms with E-state index in [0.29, 0.717) is 5.56 Å². The van der Waals surface area contributed by atoms with Crippen LogP contribution in [0.3, 0.4) is 0 Å². The number of rotatable bonds is 7. The van der Waals surface area contributed by atoms with Crippen LogP contribution in [0.2, 0.25) is 0 Å². The van der Waals surface area contributed by atoms with Crippen LogP contribution < -0.4 is 14.2 Å². The summed E-state index contributed by atoms with van der Waals surface area (Å²) in [7, 11) is 1.40. The van der Waals surface area contributed by atoms with Gasteiger partial charge in [-0.2, -0.15) is 0 Å². The van der Waals surface area contributed by atoms with Gasteiger partial charge in [0.25, 0.3) is 0 Å². The predicted molar refractivity (Wildman–Crippen MR) is 141 cm³/mol. The van der Waals surface area contributed by atoms with Crippen molar-refractivity contribution in [2.45, 2.75) is 80.9 Å². The molecule has 236 valence electrons. The highest BCUT2D eigenvalue weighted by Crippen LogP contribution is 2.44. The summed E-state index contributed by atoms with van der Waals surface area (Å²) in [6.45, 7) is 0.964. The number of carbonyl (C=O) groups excluding carboxylic acids is 1. The van der Waals surface area contributed by atoms with Gasteiger partial charge < -0.3 is 69.3 Å². The van der Waals surface area contributed by atoms with Gasteiger partial charge in [-0.1, -0.05) is 6.07 Å². The molecular formula is C28H34O15. The Morgan fingerprint density at radius 1 is 0.837 bits per heavy atom. The standard InChI is InChI=1S/C28H34O15/c1-10-20(32)22(34)24(36)27(40-10)39-9-19-21(33)23(35)25(37)28(43-19)41-12-6-13-14(29)8-18(42-26(13)16(31)7-12)11-3-4-17(38-2)15(30)5-11/h3-7,10,18-25,27-28,30-37H,8-9H2,1-2H3. The lowest BCUT2D eigenvalue weighted by Gasteiger charge is -2.42. The van der Waals surface area contributed by atoms with Gasteiger partial charge in [0.2, 0.25) is 6.29 Å². The van der Waals surface area contributed by atoms with Crippen LogP contribution >= 0.6 is 0 Å². The van der Waals surface area contributed by atoms with Crippen LogP contribution in [0.15, 0.2) is 30.3 Å². The van der Waals surface area contributed by atoms with E-state index in [0.717, 1.165) is 6.07 Å². The second-order valence-electron chi connectivity index (χ2n) is 10.6. The quantitative estimate of drug-likeness (QED) is 0.185. The minimum absolute atomic E-state index is 0.0203. The highest BCUT2D eigenvalue weighted by atomic mass is 16.7. The lowest BCUT2D eigenvalue weighted by molar-refractivity contribution is -0.318. The average Bonchev–Trinajstić information content (AvgIpc) is 2.98. The van der Waals surface area contributed by atoms with Gasteiger partial charge in [-0.3, -0.25) is 4.79 Å². The molecular weight excluding hydrogens is 576 g/mol. The number of phenols is 2. The third-order valence-corrected chi connectivity index (χ3v) is 7.70. The van der Waals surface area contributed by atoms with Crippen molar-refractivity contribution in [2.75, 3.05) is 13.7 Å². The van der Waals surface area contributed by atoms with E-state index in [-0.39, 0.29) is 35.0 Å². The fraction of sp³-hybridized carbons (Fsp3) is 0.536. The number of carbonyl (C=O) groups is 1. The molecule has 3 aliphatic heterocycles. The summed E-state index contributed by atoms with van der Waals surface area (Å²) in [4.78, 5) is 13.0. The van der Waals surface area contributed by atoms with E-state index in [1.54, 1.807) is 6.07 Å². The van der Waals surface area contributed by atoms with Crippen molar-refractivity contribution in [3.63, 3.8) is 0 Å². The molecule has 0 amide bonds. The first kappa shape index (κ1) is 31.2. The number of aliphatic hydroxyl groups excluding tert-OH is 6. The summed E-state index contributed by atoms with van der Waals surface area (Å²) in [6, 6.07) is 6.90. The highest BCUT2D eigenvalue weighted by Gasteiger charge is 2.47. The third-order valence-electron chi connectivity index (χ3n) is 7.70. The maximum Gasteiger partial charge on any atom is 0.229 e. The zero-order chi connectivity index (χ0) is 31.2. The van der Waals surface area contributed by atoms with Crippen molar-refractivity contribution >= 4 is 5.78 Å². The van der Waals surface area contributed by atoms with Crippen LogP contribution in [0.4, 0.5) is 0 Å². The van der Waals surface area contributed by atoms with Gasteiger partial charge in [0.1, 0.15) is 54.6 Å². The molecule has 15 heteroatoms. The Labute approximate surface area is 245 Å². The Balaban J connectivity index is 1.28. The van der Waals surface area contributed by atoms with Gasteiger partial charge in [0.15, 0.2) is 35.1 Å². The van der Waals surface area contributed by atoms with Crippen molar-refractivity contribution in [2.24, 2.45) is 0 Å². The fourth-order valence-corrected chi connectivity index (χ4v) is 5.17. The summed E-state index contributed by atoms with van der Waals surface area (Å²) in [6.07, 6.45) is -15.9. The number of Topliss-reactive ketones (excluding diaryl/α,β-unsaturated/α-hetero) is 1. The zero-order valence-electron chi connectivity index (χ0n) is 23.1. The van der Waals surface area contributed by atoms with E-state index in [1.807, 2.05) is 0 Å². The molecule has 0 radical (unpaired) electrons. The highest BCUT2D eigenvalue weighted by molar-refractivity contribution is 6.01. The van der Waals surface area contributed by atoms with Gasteiger partial charge in [-0.25, -0.2) is 0 Å². The number of aliphatic hydroxyl groups is 6. The molecule has 2 saturated heterocycles. The van der Waals surface area contributed by atoms with Crippen LogP contribution in [0.5, 0.6) is 28.7 Å². The molecule has 11 atom stereocenters. The van der Waals surface area contributed by atoms with Gasteiger partial charge >= 0.3 is 0 Å². The number of benzene rings is 2. The lowest BCUT2D eigenvalue weighted by Crippen LogP contribution is -2.61. The maximum atomic E-state index is 13.0. The molecule has 3 aliphatic rings. The lowest BCUT2D eigenvalue weighted by atomic mass is 9.95. The largest absolute Gasteiger partial charge is 0.504 e. The maximum absolute atomic E-state index is 13.0. The van der Waals surface area contributed by atoms with E-state index in [1.165, 1.54) is 32.2 Å². The summed E-state index contributed by atoms with van der Waals surface area (Å²) < 4.78 is 33.0. The van der Waals surface area contributed by atoms with E-state index in [2.05, 4.69) is 0 Å². The topological polar surface area (TPSA) is 234 Å². The molecule has 2 fully saturated rings. The summed E-state index contributed by atoms with van der Waals surface area (Å²) in [5.74, 6) is -1.04. The molecule has 2 aromatic rings. The summed E-state index contributed by atoms with van der Waals surface area (Å²) in [5.41, 5.74) is 0.455. The molecule has 8 N–H and O–H groups in total. The first-order valence-corrected chi connectivity index (χ1v) is 13.5. The monoisotopic (exact) mass is 610 g/mol. The van der Waals surface area contributed by atoms with Crippen molar-refractivity contribution in [3.8, 4) is 28.7 Å². The molecule has 11 unspecified atom stereocenters. The minimum Gasteiger partial charge on any atom is -0.504 e. The van der Waals surface area contributed by atoms with Crippen LogP contribution in [0.25, 0.3) is 0 Å². The molecule has 3 heterocycles. The van der Waals surface area contributed by atoms with Crippen LogP contribution in [0.1, 0.15) is 35.4 Å². The predicted octanol–water partition coefficient (Wildman–Crippen LogP) is -1.16. The average molecular weight is 611 g/mol. The molecule has 15 nitrogen and oxygen atoms in total. The first-order chi connectivity index (χ1) is 20.4. The van der Waals surface area contributed by atoms with E-state index in [9.17, 15) is 45.6 Å². The van der Waals surface area contributed by atoms with Crippen molar-refractivity contribution < 1.29 is 74.1 Å². The van der Waals surface area contributed by atoms with Crippen molar-refractivity contribution in [1.82, 2.24) is 0 Å². The van der Waals surface area contributed by atoms with Gasteiger partial charge in [0, 0.05) is 6.07 Å². The number of hydrogen-bond acceptors (Lipinski definition) is 15. The number of aromatic hydroxyl groups is 2. The fourth-order valence-electron chi connectivity index (χ4n) is 5.17. The van der Waals surface area contributed by atoms with Gasteiger partial charge in [0.05, 0.1) is 31.8 Å². The Morgan fingerprint density at radius 3 is 2.23 bits per heavy atom. The molecule has 0 saturated carbocycles. The molecule has 5 rings (SSSR count). The second kappa shape index (κ2) is 12.4. The Morgan fingerprint density at radius 2 is 1.53 bits per heavy atom. The molecule has 0 aliphatic carbocycles. The number of ketones is 1.